The van der Waals surface area contributed by atoms with Crippen molar-refractivity contribution >= 4 is 29.7 Å². The minimum absolute atomic E-state index is 0.0419. The zero-order valence-electron chi connectivity index (χ0n) is 14.2. The van der Waals surface area contributed by atoms with Gasteiger partial charge in [0.1, 0.15) is 5.76 Å². The van der Waals surface area contributed by atoms with Gasteiger partial charge < -0.3 is 9.32 Å². The Balaban J connectivity index is 1.44. The van der Waals surface area contributed by atoms with Crippen LogP contribution in [0.5, 0.6) is 0 Å². The molecule has 26 heavy (non-hydrogen) atoms. The van der Waals surface area contributed by atoms with E-state index in [0.29, 0.717) is 12.1 Å². The largest absolute Gasteiger partial charge is 0.467 e. The molecule has 3 aromatic rings. The van der Waals surface area contributed by atoms with Gasteiger partial charge in [0.2, 0.25) is 0 Å². The molecule has 1 amide bonds. The van der Waals surface area contributed by atoms with Gasteiger partial charge in [0, 0.05) is 17.1 Å². The molecule has 0 aliphatic carbocycles. The number of rotatable bonds is 3. The number of amides is 1. The number of hydrogen-bond donors (Lipinski definition) is 0. The lowest BCUT2D eigenvalue weighted by atomic mass is 10.1. The van der Waals surface area contributed by atoms with Gasteiger partial charge in [-0.05, 0) is 53.4 Å². The maximum Gasteiger partial charge on any atom is 0.254 e. The van der Waals surface area contributed by atoms with Crippen molar-refractivity contribution in [3.8, 4) is 0 Å². The molecular weight excluding hydrogens is 346 g/mol. The van der Waals surface area contributed by atoms with E-state index in [1.807, 2.05) is 71.6 Å². The summed E-state index contributed by atoms with van der Waals surface area (Å²) in [6.45, 7) is 1.27. The molecule has 1 aliphatic heterocycles. The highest BCUT2D eigenvalue weighted by Gasteiger charge is 2.23. The van der Waals surface area contributed by atoms with Crippen molar-refractivity contribution in [2.24, 2.45) is 0 Å². The molecular formula is C22H18ClNO2. The van der Waals surface area contributed by atoms with E-state index in [0.717, 1.165) is 34.9 Å². The van der Waals surface area contributed by atoms with Crippen molar-refractivity contribution in [3.63, 3.8) is 0 Å². The maximum atomic E-state index is 12.7. The third-order valence-corrected chi connectivity index (χ3v) is 4.86. The molecule has 0 saturated heterocycles. The predicted octanol–water partition coefficient (Wildman–Crippen LogP) is 5.30. The first-order valence-corrected chi connectivity index (χ1v) is 8.95. The molecule has 4 heteroatoms. The molecule has 0 fully saturated rings. The molecule has 4 rings (SSSR count). The molecule has 2 aromatic carbocycles. The number of halogens is 1. The monoisotopic (exact) mass is 363 g/mol. The minimum Gasteiger partial charge on any atom is -0.467 e. The van der Waals surface area contributed by atoms with Gasteiger partial charge in [-0.2, -0.15) is 0 Å². The number of benzene rings is 2. The van der Waals surface area contributed by atoms with Crippen molar-refractivity contribution in [1.82, 2.24) is 4.90 Å². The fourth-order valence-corrected chi connectivity index (χ4v) is 3.22. The molecule has 0 saturated carbocycles. The van der Waals surface area contributed by atoms with Crippen LogP contribution in [0.1, 0.15) is 32.8 Å². The quantitative estimate of drug-likeness (QED) is 0.591. The van der Waals surface area contributed by atoms with Crippen LogP contribution >= 0.6 is 11.6 Å². The van der Waals surface area contributed by atoms with Crippen LogP contribution in [-0.2, 0) is 13.0 Å². The van der Waals surface area contributed by atoms with Crippen LogP contribution in [0.25, 0.3) is 12.2 Å². The summed E-state index contributed by atoms with van der Waals surface area (Å²) in [4.78, 5) is 14.5. The topological polar surface area (TPSA) is 33.5 Å². The zero-order valence-corrected chi connectivity index (χ0v) is 14.9. The summed E-state index contributed by atoms with van der Waals surface area (Å²) in [5, 5.41) is 0.726. The average Bonchev–Trinajstić information content (AvgIpc) is 3.15. The SMILES string of the molecule is O=C(c1ccc(C=Cc2ccc(Cl)cc2)cc1)N1CCc2ccoc2C1. The summed E-state index contributed by atoms with van der Waals surface area (Å²) >= 11 is 5.90. The molecule has 0 spiro atoms. The first-order chi connectivity index (χ1) is 12.7. The van der Waals surface area contributed by atoms with E-state index in [-0.39, 0.29) is 5.91 Å². The standard InChI is InChI=1S/C22H18ClNO2/c23-20-9-5-17(6-10-20)2-1-16-3-7-19(8-4-16)22(25)24-13-11-18-12-14-26-21(18)15-24/h1-10,12,14H,11,13,15H2. The first kappa shape index (κ1) is 16.7. The van der Waals surface area contributed by atoms with Crippen molar-refractivity contribution in [2.75, 3.05) is 6.54 Å². The third kappa shape index (κ3) is 3.58. The Morgan fingerprint density at radius 2 is 1.62 bits per heavy atom. The summed E-state index contributed by atoms with van der Waals surface area (Å²) in [7, 11) is 0. The van der Waals surface area contributed by atoms with E-state index >= 15 is 0 Å². The van der Waals surface area contributed by atoms with E-state index in [2.05, 4.69) is 0 Å². The van der Waals surface area contributed by atoms with Crippen LogP contribution in [-0.4, -0.2) is 17.4 Å². The molecule has 0 N–H and O–H groups in total. The van der Waals surface area contributed by atoms with Crippen molar-refractivity contribution < 1.29 is 9.21 Å². The second-order valence-corrected chi connectivity index (χ2v) is 6.79. The van der Waals surface area contributed by atoms with Gasteiger partial charge >= 0.3 is 0 Å². The van der Waals surface area contributed by atoms with Crippen LogP contribution in [0, 0.1) is 0 Å². The summed E-state index contributed by atoms with van der Waals surface area (Å²) in [5.74, 6) is 0.937. The van der Waals surface area contributed by atoms with Crippen LogP contribution in [0.2, 0.25) is 5.02 Å². The number of carbonyl (C=O) groups excluding carboxylic acids is 1. The van der Waals surface area contributed by atoms with Gasteiger partial charge in [-0.3, -0.25) is 4.79 Å². The third-order valence-electron chi connectivity index (χ3n) is 4.61. The van der Waals surface area contributed by atoms with Crippen LogP contribution in [0.4, 0.5) is 0 Å². The zero-order chi connectivity index (χ0) is 17.9. The molecule has 1 aliphatic rings. The lowest BCUT2D eigenvalue weighted by Crippen LogP contribution is -2.35. The average molecular weight is 364 g/mol. The fourth-order valence-electron chi connectivity index (χ4n) is 3.10. The highest BCUT2D eigenvalue weighted by Crippen LogP contribution is 2.21. The van der Waals surface area contributed by atoms with Crippen LogP contribution < -0.4 is 0 Å². The van der Waals surface area contributed by atoms with Gasteiger partial charge in [-0.25, -0.2) is 0 Å². The van der Waals surface area contributed by atoms with E-state index in [9.17, 15) is 4.79 Å². The van der Waals surface area contributed by atoms with E-state index in [1.165, 1.54) is 5.56 Å². The van der Waals surface area contributed by atoms with Crippen molar-refractivity contribution in [1.29, 1.82) is 0 Å². The summed E-state index contributed by atoms with van der Waals surface area (Å²) < 4.78 is 5.46. The Morgan fingerprint density at radius 1 is 0.962 bits per heavy atom. The molecule has 0 unspecified atom stereocenters. The number of carbonyl (C=O) groups is 1. The summed E-state index contributed by atoms with van der Waals surface area (Å²) in [5.41, 5.74) is 4.03. The lowest BCUT2D eigenvalue weighted by molar-refractivity contribution is 0.0720. The molecule has 0 radical (unpaired) electrons. The number of furan rings is 1. The molecule has 0 atom stereocenters. The van der Waals surface area contributed by atoms with Gasteiger partial charge in [-0.15, -0.1) is 0 Å². The highest BCUT2D eigenvalue weighted by atomic mass is 35.5. The minimum atomic E-state index is 0.0419. The Morgan fingerprint density at radius 3 is 2.31 bits per heavy atom. The molecule has 0 bridgehead atoms. The van der Waals surface area contributed by atoms with Gasteiger partial charge in [0.25, 0.3) is 5.91 Å². The van der Waals surface area contributed by atoms with E-state index < -0.39 is 0 Å². The molecule has 3 nitrogen and oxygen atoms in total. The molecule has 2 heterocycles. The number of hydrogen-bond acceptors (Lipinski definition) is 2. The van der Waals surface area contributed by atoms with Crippen LogP contribution in [0.15, 0.2) is 65.3 Å². The summed E-state index contributed by atoms with van der Waals surface area (Å²) in [6, 6.07) is 17.3. The van der Waals surface area contributed by atoms with E-state index in [4.69, 9.17) is 16.0 Å². The van der Waals surface area contributed by atoms with Crippen molar-refractivity contribution in [2.45, 2.75) is 13.0 Å². The first-order valence-electron chi connectivity index (χ1n) is 8.57. The highest BCUT2D eigenvalue weighted by molar-refractivity contribution is 6.30. The van der Waals surface area contributed by atoms with Gasteiger partial charge in [-0.1, -0.05) is 48.0 Å². The van der Waals surface area contributed by atoms with Gasteiger partial charge in [0.05, 0.1) is 12.8 Å². The maximum absolute atomic E-state index is 12.7. The predicted molar refractivity (Wildman–Crippen MR) is 104 cm³/mol. The Hall–Kier alpha value is -2.78. The number of nitrogens with zero attached hydrogens (tertiary/aromatic N) is 1. The fraction of sp³-hybridized carbons (Fsp3) is 0.136. The number of fused-ring (bicyclic) bond motifs is 1. The smallest absolute Gasteiger partial charge is 0.254 e. The Kier molecular flexibility index (Phi) is 4.63. The second kappa shape index (κ2) is 7.22. The van der Waals surface area contributed by atoms with Gasteiger partial charge in [0.15, 0.2) is 0 Å². The summed E-state index contributed by atoms with van der Waals surface area (Å²) in [6.07, 6.45) is 6.59. The second-order valence-electron chi connectivity index (χ2n) is 6.35. The van der Waals surface area contributed by atoms with E-state index in [1.54, 1.807) is 6.26 Å². The lowest BCUT2D eigenvalue weighted by Gasteiger charge is -2.26. The Labute approximate surface area is 157 Å². The molecule has 1 aromatic heterocycles. The van der Waals surface area contributed by atoms with Crippen LogP contribution in [0.3, 0.4) is 0 Å². The Bertz CT molecular complexity index is 939. The molecule has 130 valence electrons. The normalized spacial score (nSPS) is 13.8. The van der Waals surface area contributed by atoms with Crippen molar-refractivity contribution in [3.05, 3.63) is 93.9 Å².